The second-order valence-corrected chi connectivity index (χ2v) is 6.94. The third kappa shape index (κ3) is 4.38. The van der Waals surface area contributed by atoms with E-state index >= 15 is 0 Å². The molecule has 0 saturated heterocycles. The van der Waals surface area contributed by atoms with Gasteiger partial charge in [-0.1, -0.05) is 12.1 Å². The second-order valence-electron chi connectivity index (χ2n) is 4.58. The number of nitrogens with zero attached hydrogens (tertiary/aromatic N) is 2. The Morgan fingerprint density at radius 2 is 2.06 bits per heavy atom. The molecule has 1 aromatic heterocycles. The molecule has 7 heteroatoms. The maximum Gasteiger partial charge on any atom is 0.228 e. The van der Waals surface area contributed by atoms with Crippen molar-refractivity contribution in [3.05, 3.63) is 11.7 Å². The Morgan fingerprint density at radius 1 is 1.39 bits per heavy atom. The first-order valence-electron chi connectivity index (χ1n) is 6.09. The highest BCUT2D eigenvalue weighted by Crippen LogP contribution is 2.17. The van der Waals surface area contributed by atoms with Crippen LogP contribution in [0.15, 0.2) is 4.52 Å². The fourth-order valence-corrected chi connectivity index (χ4v) is 1.91. The molecule has 0 bridgehead atoms. The molecule has 0 aliphatic rings. The lowest BCUT2D eigenvalue weighted by atomic mass is 10.2. The Kier molecular flexibility index (Phi) is 5.28. The molecule has 6 nitrogen and oxygen atoms in total. The number of nitrogens with one attached hydrogen (secondary N) is 1. The van der Waals surface area contributed by atoms with E-state index in [-0.39, 0.29) is 11.9 Å². The van der Waals surface area contributed by atoms with Crippen LogP contribution in [0.5, 0.6) is 0 Å². The zero-order valence-electron chi connectivity index (χ0n) is 11.3. The molecule has 0 spiro atoms. The minimum absolute atomic E-state index is 0.229. The van der Waals surface area contributed by atoms with Crippen molar-refractivity contribution in [1.82, 2.24) is 15.5 Å². The van der Waals surface area contributed by atoms with Gasteiger partial charge in [-0.25, -0.2) is 8.42 Å². The van der Waals surface area contributed by atoms with Gasteiger partial charge in [0.2, 0.25) is 5.89 Å². The molecule has 0 aliphatic carbocycles. The van der Waals surface area contributed by atoms with E-state index in [4.69, 9.17) is 4.52 Å². The first-order chi connectivity index (χ1) is 8.34. The minimum Gasteiger partial charge on any atom is -0.339 e. The maximum atomic E-state index is 11.4. The van der Waals surface area contributed by atoms with Crippen LogP contribution < -0.4 is 5.32 Å². The van der Waals surface area contributed by atoms with Gasteiger partial charge in [-0.2, -0.15) is 4.98 Å². The van der Waals surface area contributed by atoms with E-state index in [1.54, 1.807) is 6.92 Å². The molecular weight excluding hydrogens is 254 g/mol. The Morgan fingerprint density at radius 3 is 2.61 bits per heavy atom. The molecule has 1 aromatic rings. The summed E-state index contributed by atoms with van der Waals surface area (Å²) >= 11 is 0. The van der Waals surface area contributed by atoms with Crippen LogP contribution >= 0.6 is 0 Å². The fraction of sp³-hybridized carbons (Fsp3) is 0.818. The predicted molar refractivity (Wildman–Crippen MR) is 69.0 cm³/mol. The SMILES string of the molecule is CCCNC(C)Cc1nc(C(C)S(C)(=O)=O)no1. The summed E-state index contributed by atoms with van der Waals surface area (Å²) in [7, 11) is -3.19. The normalized spacial score (nSPS) is 15.6. The molecule has 2 atom stereocenters. The van der Waals surface area contributed by atoms with Crippen molar-refractivity contribution < 1.29 is 12.9 Å². The van der Waals surface area contributed by atoms with E-state index in [0.717, 1.165) is 13.0 Å². The molecular formula is C11H21N3O3S. The molecule has 2 unspecified atom stereocenters. The summed E-state index contributed by atoms with van der Waals surface area (Å²) in [4.78, 5) is 4.13. The summed E-state index contributed by atoms with van der Waals surface area (Å²) in [6.45, 7) is 6.61. The molecule has 0 radical (unpaired) electrons. The minimum atomic E-state index is -3.19. The average molecular weight is 275 g/mol. The monoisotopic (exact) mass is 275 g/mol. The van der Waals surface area contributed by atoms with Crippen LogP contribution in [0, 0.1) is 0 Å². The smallest absolute Gasteiger partial charge is 0.228 e. The number of hydrogen-bond acceptors (Lipinski definition) is 6. The molecule has 0 saturated carbocycles. The standard InChI is InChI=1S/C11H21N3O3S/c1-5-6-12-8(2)7-10-13-11(14-17-10)9(3)18(4,15)16/h8-9,12H,5-7H2,1-4H3. The zero-order chi connectivity index (χ0) is 13.8. The first-order valence-corrected chi connectivity index (χ1v) is 8.04. The maximum absolute atomic E-state index is 11.4. The lowest BCUT2D eigenvalue weighted by Gasteiger charge is -2.09. The molecule has 0 fully saturated rings. The van der Waals surface area contributed by atoms with Gasteiger partial charge in [0, 0.05) is 18.7 Å². The summed E-state index contributed by atoms with van der Waals surface area (Å²) in [6.07, 6.45) is 2.83. The summed E-state index contributed by atoms with van der Waals surface area (Å²) in [5.41, 5.74) is 0. The van der Waals surface area contributed by atoms with Gasteiger partial charge in [-0.15, -0.1) is 0 Å². The van der Waals surface area contributed by atoms with Gasteiger partial charge < -0.3 is 9.84 Å². The van der Waals surface area contributed by atoms with Crippen molar-refractivity contribution >= 4 is 9.84 Å². The molecule has 1 N–H and O–H groups in total. The van der Waals surface area contributed by atoms with Gasteiger partial charge in [0.1, 0.15) is 5.25 Å². The van der Waals surface area contributed by atoms with Crippen LogP contribution in [0.25, 0.3) is 0 Å². The Labute approximate surface area is 108 Å². The second kappa shape index (κ2) is 6.29. The highest BCUT2D eigenvalue weighted by atomic mass is 32.2. The molecule has 0 amide bonds. The number of hydrogen-bond donors (Lipinski definition) is 1. The van der Waals surface area contributed by atoms with E-state index in [2.05, 4.69) is 22.4 Å². The van der Waals surface area contributed by atoms with Gasteiger partial charge in [-0.3, -0.25) is 0 Å². The number of aromatic nitrogens is 2. The summed E-state index contributed by atoms with van der Waals surface area (Å²) in [6, 6.07) is 0.229. The molecule has 0 aromatic carbocycles. The lowest BCUT2D eigenvalue weighted by Crippen LogP contribution is -2.28. The van der Waals surface area contributed by atoms with E-state index in [0.29, 0.717) is 12.3 Å². The Hall–Kier alpha value is -0.950. The van der Waals surface area contributed by atoms with Gasteiger partial charge in [0.05, 0.1) is 0 Å². The molecule has 0 aliphatic heterocycles. The van der Waals surface area contributed by atoms with Crippen molar-refractivity contribution in [2.75, 3.05) is 12.8 Å². The van der Waals surface area contributed by atoms with Crippen molar-refractivity contribution in [2.45, 2.75) is 44.9 Å². The van der Waals surface area contributed by atoms with E-state index in [9.17, 15) is 8.42 Å². The van der Waals surface area contributed by atoms with Crippen LogP contribution in [-0.4, -0.2) is 37.4 Å². The predicted octanol–water partition coefficient (Wildman–Crippen LogP) is 1.11. The quantitative estimate of drug-likeness (QED) is 0.802. The first kappa shape index (κ1) is 15.1. The van der Waals surface area contributed by atoms with Crippen molar-refractivity contribution in [2.24, 2.45) is 0 Å². The van der Waals surface area contributed by atoms with Gasteiger partial charge in [0.25, 0.3) is 0 Å². The van der Waals surface area contributed by atoms with Crippen LogP contribution in [0.4, 0.5) is 0 Å². The van der Waals surface area contributed by atoms with Crippen molar-refractivity contribution in [3.8, 4) is 0 Å². The number of rotatable bonds is 7. The zero-order valence-corrected chi connectivity index (χ0v) is 12.1. The van der Waals surface area contributed by atoms with Crippen LogP contribution in [0.3, 0.4) is 0 Å². The van der Waals surface area contributed by atoms with E-state index in [1.807, 2.05) is 6.92 Å². The van der Waals surface area contributed by atoms with Gasteiger partial charge in [-0.05, 0) is 26.8 Å². The Balaban J connectivity index is 2.64. The fourth-order valence-electron chi connectivity index (χ4n) is 1.43. The van der Waals surface area contributed by atoms with Gasteiger partial charge in [0.15, 0.2) is 15.7 Å². The number of sulfone groups is 1. The highest BCUT2D eigenvalue weighted by molar-refractivity contribution is 7.90. The third-order valence-corrected chi connectivity index (χ3v) is 4.21. The van der Waals surface area contributed by atoms with Crippen molar-refractivity contribution in [1.29, 1.82) is 0 Å². The van der Waals surface area contributed by atoms with Crippen LogP contribution in [0.1, 0.15) is 44.2 Å². The summed E-state index contributed by atoms with van der Waals surface area (Å²) in [5, 5.41) is 6.30. The molecule has 1 rings (SSSR count). The summed E-state index contributed by atoms with van der Waals surface area (Å²) < 4.78 is 27.8. The highest BCUT2D eigenvalue weighted by Gasteiger charge is 2.23. The molecule has 18 heavy (non-hydrogen) atoms. The average Bonchev–Trinajstić information content (AvgIpc) is 2.72. The lowest BCUT2D eigenvalue weighted by molar-refractivity contribution is 0.357. The van der Waals surface area contributed by atoms with E-state index in [1.165, 1.54) is 6.26 Å². The van der Waals surface area contributed by atoms with Crippen LogP contribution in [0.2, 0.25) is 0 Å². The van der Waals surface area contributed by atoms with Crippen molar-refractivity contribution in [3.63, 3.8) is 0 Å². The van der Waals surface area contributed by atoms with Crippen LogP contribution in [-0.2, 0) is 16.3 Å². The molecule has 1 heterocycles. The topological polar surface area (TPSA) is 85.1 Å². The largest absolute Gasteiger partial charge is 0.339 e. The third-order valence-electron chi connectivity index (χ3n) is 2.71. The van der Waals surface area contributed by atoms with Gasteiger partial charge >= 0.3 is 0 Å². The summed E-state index contributed by atoms with van der Waals surface area (Å²) in [5.74, 6) is 0.701. The Bertz CT molecular complexity index is 470. The molecule has 104 valence electrons. The van der Waals surface area contributed by atoms with E-state index < -0.39 is 15.1 Å².